The zero-order chi connectivity index (χ0) is 12.3. The monoisotopic (exact) mass is 241 g/mol. The van der Waals surface area contributed by atoms with E-state index in [0.717, 1.165) is 12.8 Å². The van der Waals surface area contributed by atoms with Crippen LogP contribution >= 0.6 is 0 Å². The summed E-state index contributed by atoms with van der Waals surface area (Å²) in [5, 5.41) is 12.5. The van der Waals surface area contributed by atoms with Crippen molar-refractivity contribution in [2.24, 2.45) is 5.92 Å². The number of carbonyl (C=O) groups is 2. The van der Waals surface area contributed by atoms with Crippen LogP contribution in [0.3, 0.4) is 0 Å². The van der Waals surface area contributed by atoms with E-state index < -0.39 is 24.2 Å². The molecular weight excluding hydrogens is 222 g/mol. The minimum Gasteiger partial charge on any atom is -0.391 e. The summed E-state index contributed by atoms with van der Waals surface area (Å²) in [6, 6.07) is -0.481. The highest BCUT2D eigenvalue weighted by Crippen LogP contribution is 2.28. The summed E-state index contributed by atoms with van der Waals surface area (Å²) in [5.41, 5.74) is 0. The summed E-state index contributed by atoms with van der Waals surface area (Å²) < 4.78 is 4.36. The van der Waals surface area contributed by atoms with Gasteiger partial charge in [-0.05, 0) is 12.3 Å². The van der Waals surface area contributed by atoms with Crippen LogP contribution in [0.5, 0.6) is 0 Å². The second kappa shape index (κ2) is 5.49. The molecule has 1 amide bonds. The number of rotatable bonds is 3. The van der Waals surface area contributed by atoms with Crippen molar-refractivity contribution < 1.29 is 19.4 Å². The molecule has 1 aliphatic carbocycles. The fourth-order valence-electron chi connectivity index (χ4n) is 2.72. The Morgan fingerprint density at radius 2 is 2.00 bits per heavy atom. The zero-order valence-electron chi connectivity index (χ0n) is 9.85. The molecule has 1 saturated carbocycles. The fraction of sp³-hybridized carbons (Fsp3) is 0.833. The minimum absolute atomic E-state index is 0.0691. The van der Waals surface area contributed by atoms with Crippen molar-refractivity contribution in [1.82, 2.24) is 5.32 Å². The molecule has 0 aromatic carbocycles. The number of nitrogens with one attached hydrogen (secondary N) is 1. The van der Waals surface area contributed by atoms with Gasteiger partial charge in [-0.25, -0.2) is 4.79 Å². The third-order valence-electron chi connectivity index (χ3n) is 3.66. The van der Waals surface area contributed by atoms with Crippen LogP contribution in [-0.4, -0.2) is 29.3 Å². The average Bonchev–Trinajstić information content (AvgIpc) is 2.29. The van der Waals surface area contributed by atoms with Gasteiger partial charge in [0.15, 0.2) is 0 Å². The highest BCUT2D eigenvalue weighted by molar-refractivity contribution is 5.87. The zero-order valence-corrected chi connectivity index (χ0v) is 9.85. The molecule has 1 heterocycles. The first-order chi connectivity index (χ1) is 8.15. The molecule has 2 atom stereocenters. The van der Waals surface area contributed by atoms with E-state index >= 15 is 0 Å². The van der Waals surface area contributed by atoms with E-state index in [1.54, 1.807) is 0 Å². The molecule has 1 aliphatic heterocycles. The van der Waals surface area contributed by atoms with Crippen molar-refractivity contribution in [2.75, 3.05) is 0 Å². The van der Waals surface area contributed by atoms with E-state index in [1.807, 2.05) is 0 Å². The number of aliphatic hydroxyl groups excluding tert-OH is 1. The number of ether oxygens (including phenoxy) is 1. The number of hydrogen-bond donors (Lipinski definition) is 2. The number of amides is 1. The van der Waals surface area contributed by atoms with Gasteiger partial charge in [0.25, 0.3) is 0 Å². The van der Waals surface area contributed by atoms with Gasteiger partial charge in [-0.3, -0.25) is 4.79 Å². The summed E-state index contributed by atoms with van der Waals surface area (Å²) in [6.45, 7) is 0. The molecule has 0 spiro atoms. The summed E-state index contributed by atoms with van der Waals surface area (Å²) in [7, 11) is 0. The molecule has 0 bridgehead atoms. The lowest BCUT2D eigenvalue weighted by atomic mass is 9.84. The van der Waals surface area contributed by atoms with Crippen LogP contribution in [0.2, 0.25) is 0 Å². The smallest absolute Gasteiger partial charge is 0.391 e. The molecule has 5 nitrogen and oxygen atoms in total. The Morgan fingerprint density at radius 3 is 2.65 bits per heavy atom. The third kappa shape index (κ3) is 3.43. The molecular formula is C12H19NO4. The van der Waals surface area contributed by atoms with E-state index in [4.69, 9.17) is 0 Å². The molecule has 0 aromatic heterocycles. The summed E-state index contributed by atoms with van der Waals surface area (Å²) in [4.78, 5) is 22.1. The van der Waals surface area contributed by atoms with Crippen molar-refractivity contribution >= 4 is 12.1 Å². The number of hydrogen-bond acceptors (Lipinski definition) is 4. The first-order valence-corrected chi connectivity index (χ1v) is 6.34. The van der Waals surface area contributed by atoms with E-state index in [1.165, 1.54) is 19.3 Å². The van der Waals surface area contributed by atoms with Crippen molar-refractivity contribution in [3.05, 3.63) is 0 Å². The Bertz CT molecular complexity index is 283. The highest BCUT2D eigenvalue weighted by atomic mass is 16.6. The molecule has 2 rings (SSSR count). The number of aliphatic hydroxyl groups is 1. The molecule has 2 N–H and O–H groups in total. The number of cyclic esters (lactones) is 2. The van der Waals surface area contributed by atoms with Gasteiger partial charge >= 0.3 is 12.1 Å². The molecule has 0 aromatic rings. The summed E-state index contributed by atoms with van der Waals surface area (Å²) in [5.74, 6) is -0.0324. The normalized spacial score (nSPS) is 28.4. The Balaban J connectivity index is 1.83. The van der Waals surface area contributed by atoms with Crippen LogP contribution in [0.25, 0.3) is 0 Å². The van der Waals surface area contributed by atoms with E-state index in [2.05, 4.69) is 10.1 Å². The Labute approximate surface area is 101 Å². The average molecular weight is 241 g/mol. The van der Waals surface area contributed by atoms with Gasteiger partial charge < -0.3 is 15.2 Å². The maximum atomic E-state index is 11.1. The first kappa shape index (κ1) is 12.4. The van der Waals surface area contributed by atoms with Crippen molar-refractivity contribution in [1.29, 1.82) is 0 Å². The predicted octanol–water partition coefficient (Wildman–Crippen LogP) is 1.34. The van der Waals surface area contributed by atoms with Crippen molar-refractivity contribution in [3.8, 4) is 0 Å². The van der Waals surface area contributed by atoms with Gasteiger partial charge in [0.05, 0.1) is 18.6 Å². The highest BCUT2D eigenvalue weighted by Gasteiger charge is 2.32. The largest absolute Gasteiger partial charge is 0.415 e. The minimum atomic E-state index is -0.742. The van der Waals surface area contributed by atoms with Gasteiger partial charge in [0, 0.05) is 0 Å². The second-order valence-electron chi connectivity index (χ2n) is 5.02. The van der Waals surface area contributed by atoms with Gasteiger partial charge in [-0.15, -0.1) is 0 Å². The van der Waals surface area contributed by atoms with Crippen molar-refractivity contribution in [2.45, 2.75) is 57.1 Å². The van der Waals surface area contributed by atoms with Crippen LogP contribution in [-0.2, 0) is 9.53 Å². The summed E-state index contributed by atoms with van der Waals surface area (Å²) >= 11 is 0. The number of esters is 1. The van der Waals surface area contributed by atoms with Gasteiger partial charge in [-0.2, -0.15) is 0 Å². The topological polar surface area (TPSA) is 75.6 Å². The maximum Gasteiger partial charge on any atom is 0.415 e. The maximum absolute atomic E-state index is 11.1. The molecule has 1 saturated heterocycles. The van der Waals surface area contributed by atoms with Gasteiger partial charge in [0.1, 0.15) is 0 Å². The Morgan fingerprint density at radius 1 is 1.29 bits per heavy atom. The standard InChI is InChI=1S/C12H19NO4/c14-10(6-8-4-2-1-3-5-8)9-7-11(15)17-12(16)13-9/h8-10,14H,1-7H2,(H,13,16)/t9-,10-/m0/s1. The molecule has 96 valence electrons. The van der Waals surface area contributed by atoms with Crippen LogP contribution in [0.4, 0.5) is 4.79 Å². The molecule has 17 heavy (non-hydrogen) atoms. The summed E-state index contributed by atoms with van der Waals surface area (Å²) in [6.07, 6.45) is 5.35. The van der Waals surface area contributed by atoms with E-state index in [0.29, 0.717) is 12.3 Å². The molecule has 2 aliphatic rings. The molecule has 2 fully saturated rings. The fourth-order valence-corrected chi connectivity index (χ4v) is 2.72. The van der Waals surface area contributed by atoms with Crippen LogP contribution in [0, 0.1) is 5.92 Å². The quantitative estimate of drug-likeness (QED) is 0.577. The Kier molecular flexibility index (Phi) is 3.99. The van der Waals surface area contributed by atoms with E-state index in [-0.39, 0.29) is 6.42 Å². The predicted molar refractivity (Wildman–Crippen MR) is 60.2 cm³/mol. The lowest BCUT2D eigenvalue weighted by Crippen LogP contribution is -2.50. The van der Waals surface area contributed by atoms with Gasteiger partial charge in [0.2, 0.25) is 0 Å². The number of alkyl carbamates (subject to hydrolysis) is 1. The third-order valence-corrected chi connectivity index (χ3v) is 3.66. The van der Waals surface area contributed by atoms with E-state index in [9.17, 15) is 14.7 Å². The second-order valence-corrected chi connectivity index (χ2v) is 5.02. The molecule has 0 radical (unpaired) electrons. The molecule has 0 unspecified atom stereocenters. The van der Waals surface area contributed by atoms with Crippen LogP contribution in [0.1, 0.15) is 44.9 Å². The van der Waals surface area contributed by atoms with Crippen molar-refractivity contribution in [3.63, 3.8) is 0 Å². The van der Waals surface area contributed by atoms with Crippen LogP contribution < -0.4 is 5.32 Å². The lowest BCUT2D eigenvalue weighted by Gasteiger charge is -2.30. The SMILES string of the molecule is O=C1C[C@@H]([C@@H](O)CC2CCCCC2)NC(=O)O1. The first-order valence-electron chi connectivity index (χ1n) is 6.34. The van der Waals surface area contributed by atoms with Gasteiger partial charge in [-0.1, -0.05) is 32.1 Å². The lowest BCUT2D eigenvalue weighted by molar-refractivity contribution is -0.141. The van der Waals surface area contributed by atoms with Crippen LogP contribution in [0.15, 0.2) is 0 Å². The Hall–Kier alpha value is -1.10. The molecule has 5 heteroatoms. The number of carbonyl (C=O) groups excluding carboxylic acids is 2.